The highest BCUT2D eigenvalue weighted by Gasteiger charge is 2.07. The van der Waals surface area contributed by atoms with Gasteiger partial charge >= 0.3 is 0 Å². The van der Waals surface area contributed by atoms with Crippen LogP contribution in [0.3, 0.4) is 0 Å². The molecule has 0 atom stereocenters. The topological polar surface area (TPSA) is 38.3 Å². The lowest BCUT2D eigenvalue weighted by Crippen LogP contribution is -2.30. The molecule has 0 unspecified atom stereocenters. The van der Waals surface area contributed by atoms with Gasteiger partial charge in [0.25, 0.3) is 5.91 Å². The van der Waals surface area contributed by atoms with Crippen LogP contribution in [0, 0.1) is 0 Å². The normalized spacial score (nSPS) is 14.7. The quantitative estimate of drug-likeness (QED) is 0.840. The van der Waals surface area contributed by atoms with Crippen molar-refractivity contribution in [1.29, 1.82) is 0 Å². The van der Waals surface area contributed by atoms with Gasteiger partial charge in [-0.05, 0) is 37.8 Å². The SMILES string of the molecule is O=C(COc1ccccc1Cl)NCC1=CCCCC1. The van der Waals surface area contributed by atoms with Crippen LogP contribution >= 0.6 is 11.6 Å². The molecule has 102 valence electrons. The first kappa shape index (κ1) is 13.9. The molecule has 0 aliphatic heterocycles. The first-order valence-electron chi connectivity index (χ1n) is 6.57. The van der Waals surface area contributed by atoms with Crippen LogP contribution in [0.25, 0.3) is 0 Å². The van der Waals surface area contributed by atoms with E-state index < -0.39 is 0 Å². The Labute approximate surface area is 118 Å². The maximum absolute atomic E-state index is 11.7. The molecule has 0 heterocycles. The number of amides is 1. The Morgan fingerprint density at radius 2 is 2.16 bits per heavy atom. The summed E-state index contributed by atoms with van der Waals surface area (Å²) in [5.74, 6) is 0.419. The van der Waals surface area contributed by atoms with Crippen LogP contribution in [0.2, 0.25) is 5.02 Å². The predicted molar refractivity (Wildman–Crippen MR) is 76.5 cm³/mol. The second-order valence-electron chi connectivity index (χ2n) is 4.60. The number of rotatable bonds is 5. The van der Waals surface area contributed by atoms with Crippen molar-refractivity contribution in [2.45, 2.75) is 25.7 Å². The van der Waals surface area contributed by atoms with Crippen molar-refractivity contribution in [2.75, 3.05) is 13.2 Å². The summed E-state index contributed by atoms with van der Waals surface area (Å²) in [7, 11) is 0. The van der Waals surface area contributed by atoms with Gasteiger partial charge in [-0.2, -0.15) is 0 Å². The van der Waals surface area contributed by atoms with Gasteiger partial charge in [-0.1, -0.05) is 35.4 Å². The molecule has 1 aliphatic carbocycles. The first-order valence-corrected chi connectivity index (χ1v) is 6.95. The number of carbonyl (C=O) groups is 1. The summed E-state index contributed by atoms with van der Waals surface area (Å²) in [5.41, 5.74) is 1.32. The summed E-state index contributed by atoms with van der Waals surface area (Å²) in [6.07, 6.45) is 6.91. The highest BCUT2D eigenvalue weighted by molar-refractivity contribution is 6.32. The van der Waals surface area contributed by atoms with Gasteiger partial charge in [0.2, 0.25) is 0 Å². The average molecular weight is 280 g/mol. The molecule has 3 nitrogen and oxygen atoms in total. The van der Waals surface area contributed by atoms with E-state index in [9.17, 15) is 4.79 Å². The molecule has 1 amide bonds. The Kier molecular flexibility index (Phi) is 5.28. The molecule has 0 saturated carbocycles. The van der Waals surface area contributed by atoms with E-state index in [1.807, 2.05) is 12.1 Å². The lowest BCUT2D eigenvalue weighted by molar-refractivity contribution is -0.122. The lowest BCUT2D eigenvalue weighted by atomic mass is 10.00. The zero-order chi connectivity index (χ0) is 13.5. The summed E-state index contributed by atoms with van der Waals surface area (Å²) in [6, 6.07) is 7.14. The highest BCUT2D eigenvalue weighted by atomic mass is 35.5. The van der Waals surface area contributed by atoms with Crippen LogP contribution in [0.4, 0.5) is 0 Å². The van der Waals surface area contributed by atoms with Gasteiger partial charge in [-0.3, -0.25) is 4.79 Å². The maximum atomic E-state index is 11.7. The molecule has 19 heavy (non-hydrogen) atoms. The second kappa shape index (κ2) is 7.19. The summed E-state index contributed by atoms with van der Waals surface area (Å²) < 4.78 is 5.38. The molecule has 0 radical (unpaired) electrons. The number of hydrogen-bond acceptors (Lipinski definition) is 2. The Bertz CT molecular complexity index is 471. The standard InChI is InChI=1S/C15H18ClNO2/c16-13-8-4-5-9-14(13)19-11-15(18)17-10-12-6-2-1-3-7-12/h4-6,8-9H,1-3,7,10-11H2,(H,17,18). The van der Waals surface area contributed by atoms with Crippen molar-refractivity contribution < 1.29 is 9.53 Å². The van der Waals surface area contributed by atoms with E-state index in [2.05, 4.69) is 11.4 Å². The van der Waals surface area contributed by atoms with Gasteiger partial charge in [0.15, 0.2) is 6.61 Å². The number of allylic oxidation sites excluding steroid dienone is 1. The molecular formula is C15H18ClNO2. The number of nitrogens with one attached hydrogen (secondary N) is 1. The lowest BCUT2D eigenvalue weighted by Gasteiger charge is -2.13. The summed E-state index contributed by atoms with van der Waals surface area (Å²) in [4.78, 5) is 11.7. The van der Waals surface area contributed by atoms with Crippen LogP contribution in [-0.4, -0.2) is 19.1 Å². The zero-order valence-corrected chi connectivity index (χ0v) is 11.6. The maximum Gasteiger partial charge on any atom is 0.258 e. The Morgan fingerprint density at radius 1 is 1.32 bits per heavy atom. The fraction of sp³-hybridized carbons (Fsp3) is 0.400. The summed E-state index contributed by atoms with van der Waals surface area (Å²) in [6.45, 7) is 0.627. The van der Waals surface area contributed by atoms with Crippen LogP contribution in [-0.2, 0) is 4.79 Å². The van der Waals surface area contributed by atoms with Gasteiger partial charge in [0.05, 0.1) is 5.02 Å². The van der Waals surface area contributed by atoms with Crippen molar-refractivity contribution in [3.8, 4) is 5.75 Å². The van der Waals surface area contributed by atoms with Crippen molar-refractivity contribution in [2.24, 2.45) is 0 Å². The predicted octanol–water partition coefficient (Wildman–Crippen LogP) is 3.34. The van der Waals surface area contributed by atoms with Crippen molar-refractivity contribution in [3.63, 3.8) is 0 Å². The van der Waals surface area contributed by atoms with Crippen molar-refractivity contribution >= 4 is 17.5 Å². The minimum absolute atomic E-state index is 0.00296. The number of benzene rings is 1. The van der Waals surface area contributed by atoms with E-state index in [1.165, 1.54) is 18.4 Å². The molecule has 1 aromatic rings. The van der Waals surface area contributed by atoms with Gasteiger partial charge < -0.3 is 10.1 Å². The Hall–Kier alpha value is -1.48. The van der Waals surface area contributed by atoms with Crippen molar-refractivity contribution in [3.05, 3.63) is 40.9 Å². The van der Waals surface area contributed by atoms with Gasteiger partial charge in [0.1, 0.15) is 5.75 Å². The van der Waals surface area contributed by atoms with Gasteiger partial charge in [-0.25, -0.2) is 0 Å². The molecule has 1 N–H and O–H groups in total. The van der Waals surface area contributed by atoms with Gasteiger partial charge in [0, 0.05) is 6.54 Å². The molecule has 0 bridgehead atoms. The molecule has 0 spiro atoms. The minimum atomic E-state index is -0.119. The zero-order valence-electron chi connectivity index (χ0n) is 10.8. The van der Waals surface area contributed by atoms with Crippen LogP contribution in [0.5, 0.6) is 5.75 Å². The van der Waals surface area contributed by atoms with E-state index in [0.717, 1.165) is 12.8 Å². The summed E-state index contributed by atoms with van der Waals surface area (Å²) >= 11 is 5.94. The van der Waals surface area contributed by atoms with E-state index >= 15 is 0 Å². The molecule has 4 heteroatoms. The smallest absolute Gasteiger partial charge is 0.258 e. The Morgan fingerprint density at radius 3 is 2.89 bits per heavy atom. The third-order valence-corrected chi connectivity index (χ3v) is 3.41. The highest BCUT2D eigenvalue weighted by Crippen LogP contribution is 2.22. The van der Waals surface area contributed by atoms with Crippen molar-refractivity contribution in [1.82, 2.24) is 5.32 Å². The second-order valence-corrected chi connectivity index (χ2v) is 5.01. The first-order chi connectivity index (χ1) is 9.25. The largest absolute Gasteiger partial charge is 0.482 e. The molecular weight excluding hydrogens is 262 g/mol. The summed E-state index contributed by atoms with van der Waals surface area (Å²) in [5, 5.41) is 3.39. The van der Waals surface area contributed by atoms with E-state index in [4.69, 9.17) is 16.3 Å². The monoisotopic (exact) mass is 279 g/mol. The van der Waals surface area contributed by atoms with Gasteiger partial charge in [-0.15, -0.1) is 0 Å². The molecule has 1 aromatic carbocycles. The third kappa shape index (κ3) is 4.60. The molecule has 0 saturated heterocycles. The number of ether oxygens (including phenoxy) is 1. The van der Waals surface area contributed by atoms with E-state index in [-0.39, 0.29) is 12.5 Å². The van der Waals surface area contributed by atoms with Crippen LogP contribution < -0.4 is 10.1 Å². The number of carbonyl (C=O) groups excluding carboxylic acids is 1. The number of para-hydroxylation sites is 1. The molecule has 2 rings (SSSR count). The number of hydrogen-bond donors (Lipinski definition) is 1. The number of halogens is 1. The minimum Gasteiger partial charge on any atom is -0.482 e. The molecule has 0 aromatic heterocycles. The fourth-order valence-electron chi connectivity index (χ4n) is 2.03. The van der Waals surface area contributed by atoms with Crippen LogP contribution in [0.1, 0.15) is 25.7 Å². The third-order valence-electron chi connectivity index (χ3n) is 3.09. The van der Waals surface area contributed by atoms with E-state index in [1.54, 1.807) is 12.1 Å². The average Bonchev–Trinajstić information content (AvgIpc) is 2.45. The Balaban J connectivity index is 1.73. The molecule has 0 fully saturated rings. The van der Waals surface area contributed by atoms with Crippen LogP contribution in [0.15, 0.2) is 35.9 Å². The van der Waals surface area contributed by atoms with E-state index in [0.29, 0.717) is 17.3 Å². The fourth-order valence-corrected chi connectivity index (χ4v) is 2.22. The molecule has 1 aliphatic rings.